The number of piperidine rings is 1. The van der Waals surface area contributed by atoms with Crippen LogP contribution in [0.1, 0.15) is 42.0 Å². The van der Waals surface area contributed by atoms with Crippen molar-refractivity contribution in [2.75, 3.05) is 19.7 Å². The number of hydrogen-bond donors (Lipinski definition) is 0. The van der Waals surface area contributed by atoms with E-state index in [1.165, 1.54) is 28.6 Å². The minimum absolute atomic E-state index is 0.118. The van der Waals surface area contributed by atoms with Gasteiger partial charge in [0.15, 0.2) is 5.16 Å². The van der Waals surface area contributed by atoms with E-state index >= 15 is 0 Å². The maximum Gasteiger partial charge on any atom is 0.309 e. The zero-order valence-corrected chi connectivity index (χ0v) is 17.2. The van der Waals surface area contributed by atoms with Gasteiger partial charge in [0.1, 0.15) is 16.9 Å². The molecule has 4 rings (SSSR count). The molecule has 29 heavy (non-hydrogen) atoms. The van der Waals surface area contributed by atoms with E-state index in [2.05, 4.69) is 15.0 Å². The van der Waals surface area contributed by atoms with E-state index in [-0.39, 0.29) is 29.7 Å². The number of rotatable bonds is 5. The topological polar surface area (TPSA) is 77.3 Å². The van der Waals surface area contributed by atoms with Crippen LogP contribution in [0.5, 0.6) is 0 Å². The summed E-state index contributed by atoms with van der Waals surface area (Å²) in [7, 11) is 0. The highest BCUT2D eigenvalue weighted by Crippen LogP contribution is 2.42. The fourth-order valence-electron chi connectivity index (χ4n) is 4.01. The second kappa shape index (κ2) is 8.23. The highest BCUT2D eigenvalue weighted by atomic mass is 32.2. The maximum absolute atomic E-state index is 13.5. The van der Waals surface area contributed by atoms with Gasteiger partial charge in [0.2, 0.25) is 0 Å². The van der Waals surface area contributed by atoms with Gasteiger partial charge in [-0.2, -0.15) is 4.68 Å². The van der Waals surface area contributed by atoms with Gasteiger partial charge in [0.25, 0.3) is 5.91 Å². The second-order valence-corrected chi connectivity index (χ2v) is 8.40. The third-order valence-electron chi connectivity index (χ3n) is 5.41. The number of carbonyl (C=O) groups excluding carboxylic acids is 2. The summed E-state index contributed by atoms with van der Waals surface area (Å²) in [5, 5.41) is 4.38. The number of hydrogen-bond acceptors (Lipinski definition) is 7. The number of benzene rings is 1. The molecule has 1 aromatic heterocycles. The molecule has 0 spiro atoms. The van der Waals surface area contributed by atoms with Gasteiger partial charge in [-0.3, -0.25) is 14.5 Å². The van der Waals surface area contributed by atoms with E-state index in [1.807, 2.05) is 0 Å². The molecule has 0 aliphatic carbocycles. The molecule has 1 saturated heterocycles. The Morgan fingerprint density at radius 1 is 1.31 bits per heavy atom. The molecule has 9 heteroatoms. The molecule has 1 fully saturated rings. The first kappa shape index (κ1) is 20.0. The summed E-state index contributed by atoms with van der Waals surface area (Å²) in [5.74, 6) is -0.146. The third-order valence-corrected chi connectivity index (χ3v) is 6.60. The van der Waals surface area contributed by atoms with Gasteiger partial charge < -0.3 is 4.74 Å². The van der Waals surface area contributed by atoms with Gasteiger partial charge in [0.05, 0.1) is 18.6 Å². The molecule has 2 aliphatic heterocycles. The summed E-state index contributed by atoms with van der Waals surface area (Å²) < 4.78 is 20.0. The smallest absolute Gasteiger partial charge is 0.309 e. The maximum atomic E-state index is 13.5. The number of esters is 1. The van der Waals surface area contributed by atoms with Crippen LogP contribution in [0.2, 0.25) is 0 Å². The standard InChI is InChI=1S/C20H23FN4O3S/c1-3-28-19(27)14-8-10-24(11-9-14)16(13-4-6-15(21)7-5-13)17-18(26)25-20(29-17)22-12(2)23-25/h4-7,14,16-17H,3,8-11H2,1-2H3. The van der Waals surface area contributed by atoms with Crippen molar-refractivity contribution in [1.29, 1.82) is 0 Å². The molecule has 7 nitrogen and oxygen atoms in total. The Morgan fingerprint density at radius 3 is 2.62 bits per heavy atom. The fraction of sp³-hybridized carbons (Fsp3) is 0.500. The van der Waals surface area contributed by atoms with Crippen LogP contribution in [0, 0.1) is 18.7 Å². The molecule has 2 aliphatic rings. The predicted octanol–water partition coefficient (Wildman–Crippen LogP) is 2.86. The first-order chi connectivity index (χ1) is 14.0. The quantitative estimate of drug-likeness (QED) is 0.691. The molecule has 1 aromatic carbocycles. The molecular weight excluding hydrogens is 395 g/mol. The van der Waals surface area contributed by atoms with Gasteiger partial charge in [-0.15, -0.1) is 5.10 Å². The number of fused-ring (bicyclic) bond motifs is 1. The van der Waals surface area contributed by atoms with Crippen molar-refractivity contribution in [3.63, 3.8) is 0 Å². The summed E-state index contributed by atoms with van der Waals surface area (Å²) in [4.78, 5) is 31.7. The molecular formula is C20H23FN4O3S. The molecule has 0 N–H and O–H groups in total. The number of aromatic nitrogens is 3. The summed E-state index contributed by atoms with van der Waals surface area (Å²) in [5.41, 5.74) is 0.870. The molecule has 0 radical (unpaired) electrons. The number of aryl methyl sites for hydroxylation is 1. The second-order valence-electron chi connectivity index (χ2n) is 7.29. The Hall–Kier alpha value is -2.26. The molecule has 2 unspecified atom stereocenters. The number of ether oxygens (including phenoxy) is 1. The predicted molar refractivity (Wildman–Crippen MR) is 105 cm³/mol. The summed E-state index contributed by atoms with van der Waals surface area (Å²) >= 11 is 1.39. The van der Waals surface area contributed by atoms with Gasteiger partial charge in [-0.05, 0) is 57.5 Å². The molecule has 0 saturated carbocycles. The lowest BCUT2D eigenvalue weighted by atomic mass is 9.93. The fourth-order valence-corrected chi connectivity index (χ4v) is 5.31. The highest BCUT2D eigenvalue weighted by Gasteiger charge is 2.44. The third kappa shape index (κ3) is 3.93. The molecule has 2 aromatic rings. The Balaban J connectivity index is 1.57. The van der Waals surface area contributed by atoms with E-state index < -0.39 is 5.25 Å². The first-order valence-corrected chi connectivity index (χ1v) is 10.7. The van der Waals surface area contributed by atoms with Crippen LogP contribution in [0.15, 0.2) is 29.4 Å². The van der Waals surface area contributed by atoms with Crippen molar-refractivity contribution in [3.8, 4) is 0 Å². The Labute approximate surface area is 172 Å². The van der Waals surface area contributed by atoms with Crippen molar-refractivity contribution in [2.24, 2.45) is 5.92 Å². The lowest BCUT2D eigenvalue weighted by Gasteiger charge is -2.38. The van der Waals surface area contributed by atoms with E-state index in [4.69, 9.17) is 4.74 Å². The molecule has 154 valence electrons. The minimum Gasteiger partial charge on any atom is -0.466 e. The van der Waals surface area contributed by atoms with Crippen LogP contribution in [-0.2, 0) is 9.53 Å². The largest absolute Gasteiger partial charge is 0.466 e. The normalized spacial score (nSPS) is 21.2. The Morgan fingerprint density at radius 2 is 2.00 bits per heavy atom. The van der Waals surface area contributed by atoms with Gasteiger partial charge >= 0.3 is 5.97 Å². The summed E-state index contributed by atoms with van der Waals surface area (Å²) in [6.07, 6.45) is 1.34. The zero-order valence-electron chi connectivity index (χ0n) is 16.4. The van der Waals surface area contributed by atoms with Crippen molar-refractivity contribution in [3.05, 3.63) is 41.5 Å². The summed E-state index contributed by atoms with van der Waals surface area (Å²) in [6.45, 7) is 5.25. The SMILES string of the molecule is CCOC(=O)C1CCN(C(c2ccc(F)cc2)C2Sc3nc(C)nn3C2=O)CC1. The molecule has 3 heterocycles. The van der Waals surface area contributed by atoms with Crippen LogP contribution in [0.25, 0.3) is 0 Å². The average Bonchev–Trinajstić information content (AvgIpc) is 3.22. The van der Waals surface area contributed by atoms with Crippen molar-refractivity contribution >= 4 is 23.6 Å². The van der Waals surface area contributed by atoms with Crippen molar-refractivity contribution in [1.82, 2.24) is 19.7 Å². The number of thioether (sulfide) groups is 1. The Kier molecular flexibility index (Phi) is 5.69. The number of nitrogens with zero attached hydrogens (tertiary/aromatic N) is 4. The number of carbonyl (C=O) groups is 2. The minimum atomic E-state index is -0.421. The molecule has 0 bridgehead atoms. The van der Waals surface area contributed by atoms with E-state index in [1.54, 1.807) is 26.0 Å². The van der Waals surface area contributed by atoms with Gasteiger partial charge in [-0.1, -0.05) is 23.9 Å². The van der Waals surface area contributed by atoms with E-state index in [0.29, 0.717) is 43.5 Å². The Bertz CT molecular complexity index is 909. The van der Waals surface area contributed by atoms with Crippen molar-refractivity contribution < 1.29 is 18.7 Å². The zero-order chi connectivity index (χ0) is 20.5. The molecule has 2 atom stereocenters. The average molecular weight is 418 g/mol. The van der Waals surface area contributed by atoms with E-state index in [0.717, 1.165) is 5.56 Å². The van der Waals surface area contributed by atoms with Crippen LogP contribution >= 0.6 is 11.8 Å². The highest BCUT2D eigenvalue weighted by molar-refractivity contribution is 8.00. The lowest BCUT2D eigenvalue weighted by Crippen LogP contribution is -2.44. The van der Waals surface area contributed by atoms with Crippen LogP contribution in [0.4, 0.5) is 4.39 Å². The van der Waals surface area contributed by atoms with Crippen LogP contribution in [0.3, 0.4) is 0 Å². The number of halogens is 1. The van der Waals surface area contributed by atoms with Gasteiger partial charge in [-0.25, -0.2) is 9.37 Å². The number of likely N-dealkylation sites (tertiary alicyclic amines) is 1. The van der Waals surface area contributed by atoms with Crippen LogP contribution < -0.4 is 0 Å². The lowest BCUT2D eigenvalue weighted by molar-refractivity contribution is -0.149. The first-order valence-electron chi connectivity index (χ1n) is 9.78. The van der Waals surface area contributed by atoms with Crippen LogP contribution in [-0.4, -0.2) is 56.5 Å². The monoisotopic (exact) mass is 418 g/mol. The van der Waals surface area contributed by atoms with Gasteiger partial charge in [0, 0.05) is 0 Å². The van der Waals surface area contributed by atoms with E-state index in [9.17, 15) is 14.0 Å². The molecule has 0 amide bonds. The van der Waals surface area contributed by atoms with Crippen molar-refractivity contribution in [2.45, 2.75) is 43.1 Å². The summed E-state index contributed by atoms with van der Waals surface area (Å²) in [6, 6.07) is 6.04.